The lowest BCUT2D eigenvalue weighted by atomic mass is 10.2. The quantitative estimate of drug-likeness (QED) is 0.775. The topological polar surface area (TPSA) is 92.2 Å². The van der Waals surface area contributed by atoms with Crippen LogP contribution in [0.3, 0.4) is 0 Å². The molecule has 0 saturated carbocycles. The van der Waals surface area contributed by atoms with Crippen LogP contribution in [-0.4, -0.2) is 27.0 Å². The number of nitrogens with one attached hydrogen (secondary N) is 1. The number of nitrogens with zero attached hydrogens (tertiary/aromatic N) is 2. The van der Waals surface area contributed by atoms with Gasteiger partial charge in [-0.2, -0.15) is 0 Å². The van der Waals surface area contributed by atoms with Gasteiger partial charge in [-0.15, -0.1) is 11.3 Å². The maximum absolute atomic E-state index is 12.1. The fraction of sp³-hybridized carbons (Fsp3) is 0. The number of hydrogen-bond acceptors (Lipinski definition) is 5. The summed E-state index contributed by atoms with van der Waals surface area (Å²) in [6.07, 6.45) is 1.20. The molecule has 3 aromatic rings. The average molecular weight is 299 g/mol. The standard InChI is InChI=1S/C14H9N3O3S/c18-13(8-1-3-10-11(5-8)21-7-16-10)17-12-4-2-9(6-15-12)14(19)20/h1-7H,(H,19,20)(H,15,17,18). The summed E-state index contributed by atoms with van der Waals surface area (Å²) in [5.41, 5.74) is 3.13. The number of fused-ring (bicyclic) bond motifs is 1. The molecule has 0 saturated heterocycles. The Hall–Kier alpha value is -2.80. The largest absolute Gasteiger partial charge is 0.478 e. The zero-order chi connectivity index (χ0) is 14.8. The van der Waals surface area contributed by atoms with E-state index in [4.69, 9.17) is 5.11 Å². The monoisotopic (exact) mass is 299 g/mol. The van der Waals surface area contributed by atoms with E-state index in [1.54, 1.807) is 23.7 Å². The van der Waals surface area contributed by atoms with E-state index in [0.717, 1.165) is 10.2 Å². The zero-order valence-electron chi connectivity index (χ0n) is 10.6. The number of hydrogen-bond donors (Lipinski definition) is 2. The van der Waals surface area contributed by atoms with Crippen LogP contribution in [0, 0.1) is 0 Å². The van der Waals surface area contributed by atoms with Crippen molar-refractivity contribution in [3.05, 3.63) is 53.2 Å². The number of rotatable bonds is 3. The second-order valence-corrected chi connectivity index (χ2v) is 5.11. The summed E-state index contributed by atoms with van der Waals surface area (Å²) < 4.78 is 0.928. The maximum Gasteiger partial charge on any atom is 0.337 e. The fourth-order valence-electron chi connectivity index (χ4n) is 1.78. The number of carbonyl (C=O) groups excluding carboxylic acids is 1. The predicted molar refractivity (Wildman–Crippen MR) is 78.8 cm³/mol. The van der Waals surface area contributed by atoms with Gasteiger partial charge in [0.1, 0.15) is 5.82 Å². The minimum absolute atomic E-state index is 0.0686. The molecule has 2 aromatic heterocycles. The van der Waals surface area contributed by atoms with Crippen molar-refractivity contribution in [2.75, 3.05) is 5.32 Å². The van der Waals surface area contributed by atoms with E-state index in [2.05, 4.69) is 15.3 Å². The molecule has 0 bridgehead atoms. The Kier molecular flexibility index (Phi) is 3.33. The van der Waals surface area contributed by atoms with Gasteiger partial charge in [0.15, 0.2) is 0 Å². The Morgan fingerprint density at radius 1 is 1.10 bits per heavy atom. The molecule has 0 spiro atoms. The minimum Gasteiger partial charge on any atom is -0.478 e. The first-order valence-electron chi connectivity index (χ1n) is 5.97. The van der Waals surface area contributed by atoms with E-state index < -0.39 is 5.97 Å². The van der Waals surface area contributed by atoms with Gasteiger partial charge < -0.3 is 10.4 Å². The van der Waals surface area contributed by atoms with Crippen molar-refractivity contribution >= 4 is 39.2 Å². The molecule has 0 aliphatic heterocycles. The molecule has 0 aliphatic rings. The first kappa shape index (κ1) is 13.2. The number of aromatic carboxylic acids is 1. The van der Waals surface area contributed by atoms with Gasteiger partial charge >= 0.3 is 5.97 Å². The summed E-state index contributed by atoms with van der Waals surface area (Å²) in [5, 5.41) is 11.4. The van der Waals surface area contributed by atoms with Crippen molar-refractivity contribution in [1.29, 1.82) is 0 Å². The number of aromatic nitrogens is 2. The zero-order valence-corrected chi connectivity index (χ0v) is 11.4. The molecule has 0 aliphatic carbocycles. The highest BCUT2D eigenvalue weighted by Crippen LogP contribution is 2.19. The van der Waals surface area contributed by atoms with Gasteiger partial charge in [0, 0.05) is 11.8 Å². The van der Waals surface area contributed by atoms with Crippen LogP contribution in [0.5, 0.6) is 0 Å². The molecular weight excluding hydrogens is 290 g/mol. The fourth-order valence-corrected chi connectivity index (χ4v) is 2.50. The van der Waals surface area contributed by atoms with E-state index >= 15 is 0 Å². The lowest BCUT2D eigenvalue weighted by Crippen LogP contribution is -2.13. The third kappa shape index (κ3) is 2.72. The molecular formula is C14H9N3O3S. The number of benzene rings is 1. The number of thiazole rings is 1. The van der Waals surface area contributed by atoms with E-state index in [1.165, 1.54) is 29.7 Å². The van der Waals surface area contributed by atoms with Crippen molar-refractivity contribution in [2.24, 2.45) is 0 Å². The third-order valence-electron chi connectivity index (χ3n) is 2.85. The van der Waals surface area contributed by atoms with Crippen molar-refractivity contribution in [3.63, 3.8) is 0 Å². The van der Waals surface area contributed by atoms with Crippen LogP contribution in [0.25, 0.3) is 10.2 Å². The number of carboxylic acids is 1. The second-order valence-electron chi connectivity index (χ2n) is 4.23. The Balaban J connectivity index is 1.80. The van der Waals surface area contributed by atoms with Gasteiger partial charge in [-0.05, 0) is 30.3 Å². The highest BCUT2D eigenvalue weighted by atomic mass is 32.1. The van der Waals surface area contributed by atoms with E-state index in [-0.39, 0.29) is 11.5 Å². The van der Waals surface area contributed by atoms with Gasteiger partial charge in [0.25, 0.3) is 5.91 Å². The van der Waals surface area contributed by atoms with Crippen molar-refractivity contribution in [3.8, 4) is 0 Å². The normalized spacial score (nSPS) is 10.5. The van der Waals surface area contributed by atoms with Crippen LogP contribution in [0.4, 0.5) is 5.82 Å². The average Bonchev–Trinajstić information content (AvgIpc) is 2.95. The van der Waals surface area contributed by atoms with Gasteiger partial charge in [0.2, 0.25) is 0 Å². The summed E-state index contributed by atoms with van der Waals surface area (Å²) >= 11 is 1.46. The number of carbonyl (C=O) groups is 2. The van der Waals surface area contributed by atoms with Gasteiger partial charge in [0.05, 0.1) is 21.3 Å². The van der Waals surface area contributed by atoms with Crippen molar-refractivity contribution in [2.45, 2.75) is 0 Å². The molecule has 1 aromatic carbocycles. The van der Waals surface area contributed by atoms with Gasteiger partial charge in [-0.3, -0.25) is 4.79 Å². The highest BCUT2D eigenvalue weighted by Gasteiger charge is 2.09. The smallest absolute Gasteiger partial charge is 0.337 e. The van der Waals surface area contributed by atoms with Crippen LogP contribution in [0.2, 0.25) is 0 Å². The van der Waals surface area contributed by atoms with Crippen LogP contribution in [0.15, 0.2) is 42.0 Å². The molecule has 0 fully saturated rings. The SMILES string of the molecule is O=C(O)c1ccc(NC(=O)c2ccc3ncsc3c2)nc1. The molecule has 3 rings (SSSR count). The number of pyridine rings is 1. The molecule has 0 atom stereocenters. The van der Waals surface area contributed by atoms with Crippen molar-refractivity contribution < 1.29 is 14.7 Å². The summed E-state index contributed by atoms with van der Waals surface area (Å²) in [6.45, 7) is 0. The van der Waals surface area contributed by atoms with E-state index in [9.17, 15) is 9.59 Å². The molecule has 0 unspecified atom stereocenters. The van der Waals surface area contributed by atoms with Gasteiger partial charge in [-0.1, -0.05) is 0 Å². The Labute approximate surface area is 123 Å². The molecule has 21 heavy (non-hydrogen) atoms. The molecule has 1 amide bonds. The second kappa shape index (κ2) is 5.29. The molecule has 2 heterocycles. The van der Waals surface area contributed by atoms with Crippen LogP contribution >= 0.6 is 11.3 Å². The Morgan fingerprint density at radius 2 is 1.90 bits per heavy atom. The van der Waals surface area contributed by atoms with Crippen molar-refractivity contribution in [1.82, 2.24) is 9.97 Å². The number of carboxylic acid groups (broad SMARTS) is 1. The highest BCUT2D eigenvalue weighted by molar-refractivity contribution is 7.16. The summed E-state index contributed by atoms with van der Waals surface area (Å²) in [6, 6.07) is 8.06. The third-order valence-corrected chi connectivity index (χ3v) is 3.64. The molecule has 2 N–H and O–H groups in total. The summed E-state index contributed by atoms with van der Waals surface area (Å²) in [7, 11) is 0. The summed E-state index contributed by atoms with van der Waals surface area (Å²) in [4.78, 5) is 30.9. The van der Waals surface area contributed by atoms with Crippen LogP contribution < -0.4 is 5.32 Å². The molecule has 104 valence electrons. The number of amides is 1. The lowest BCUT2D eigenvalue weighted by Gasteiger charge is -2.04. The number of anilines is 1. The minimum atomic E-state index is -1.06. The Bertz CT molecular complexity index is 827. The molecule has 0 radical (unpaired) electrons. The van der Waals surface area contributed by atoms with E-state index in [0.29, 0.717) is 11.4 Å². The Morgan fingerprint density at radius 3 is 2.62 bits per heavy atom. The van der Waals surface area contributed by atoms with E-state index in [1.807, 2.05) is 0 Å². The maximum atomic E-state index is 12.1. The first-order chi connectivity index (χ1) is 10.1. The lowest BCUT2D eigenvalue weighted by molar-refractivity contribution is 0.0696. The molecule has 6 nitrogen and oxygen atoms in total. The molecule has 7 heteroatoms. The first-order valence-corrected chi connectivity index (χ1v) is 6.85. The van der Waals surface area contributed by atoms with Crippen LogP contribution in [-0.2, 0) is 0 Å². The van der Waals surface area contributed by atoms with Gasteiger partial charge in [-0.25, -0.2) is 14.8 Å². The van der Waals surface area contributed by atoms with Crippen LogP contribution in [0.1, 0.15) is 20.7 Å². The predicted octanol–water partition coefficient (Wildman–Crippen LogP) is 2.64. The summed E-state index contributed by atoms with van der Waals surface area (Å²) in [5.74, 6) is -1.06.